The van der Waals surface area contributed by atoms with Crippen LogP contribution in [0.5, 0.6) is 0 Å². The summed E-state index contributed by atoms with van der Waals surface area (Å²) < 4.78 is 0. The van der Waals surface area contributed by atoms with Crippen molar-refractivity contribution in [3.63, 3.8) is 0 Å². The second kappa shape index (κ2) is 2.90. The number of nitrogens with zero attached hydrogens (tertiary/aromatic N) is 3. The maximum absolute atomic E-state index is 8.20. The van der Waals surface area contributed by atoms with Crippen LogP contribution in [-0.2, 0) is 0 Å². The molecule has 1 fully saturated rings. The lowest BCUT2D eigenvalue weighted by Crippen LogP contribution is -2.38. The number of piperidine rings is 1. The lowest BCUT2D eigenvalue weighted by molar-refractivity contribution is 0.419. The third kappa shape index (κ3) is 1.62. The van der Waals surface area contributed by atoms with Gasteiger partial charge >= 0.3 is 0 Å². The Hall–Kier alpha value is -0.730. The van der Waals surface area contributed by atoms with Crippen LogP contribution in [-0.4, -0.2) is 18.6 Å². The van der Waals surface area contributed by atoms with Crippen LogP contribution in [0.15, 0.2) is 5.11 Å². The molecule has 0 amide bonds. The van der Waals surface area contributed by atoms with Gasteiger partial charge in [0.1, 0.15) is 0 Å². The third-order valence-electron chi connectivity index (χ3n) is 1.77. The standard InChI is InChI=1S/C6H11N4/c1-6(9-10-7)2-4-8-5-3-6/h2,8H,3-5H2,1H3. The van der Waals surface area contributed by atoms with Gasteiger partial charge in [-0.3, -0.25) is 0 Å². The fourth-order valence-corrected chi connectivity index (χ4v) is 1.03. The van der Waals surface area contributed by atoms with E-state index in [1.54, 1.807) is 0 Å². The van der Waals surface area contributed by atoms with E-state index in [0.29, 0.717) is 0 Å². The van der Waals surface area contributed by atoms with Gasteiger partial charge in [-0.25, -0.2) is 0 Å². The average Bonchev–Trinajstić information content (AvgIpc) is 1.89. The van der Waals surface area contributed by atoms with Crippen molar-refractivity contribution >= 4 is 0 Å². The first-order valence-electron chi connectivity index (χ1n) is 3.38. The van der Waals surface area contributed by atoms with Gasteiger partial charge in [0, 0.05) is 4.91 Å². The number of nitrogens with one attached hydrogen (secondary N) is 1. The Bertz CT molecular complexity index is 153. The van der Waals surface area contributed by atoms with Gasteiger partial charge in [0.05, 0.1) is 5.54 Å². The lowest BCUT2D eigenvalue weighted by Gasteiger charge is -2.28. The Balaban J connectivity index is 2.56. The maximum atomic E-state index is 8.20. The Morgan fingerprint density at radius 1 is 1.80 bits per heavy atom. The van der Waals surface area contributed by atoms with E-state index in [1.807, 2.05) is 13.3 Å². The zero-order chi connectivity index (χ0) is 7.45. The fraction of sp³-hybridized carbons (Fsp3) is 0.833. The van der Waals surface area contributed by atoms with Gasteiger partial charge in [-0.05, 0) is 31.5 Å². The summed E-state index contributed by atoms with van der Waals surface area (Å²) in [7, 11) is 0. The average molecular weight is 139 g/mol. The van der Waals surface area contributed by atoms with E-state index in [4.69, 9.17) is 5.53 Å². The minimum absolute atomic E-state index is 0.250. The summed E-state index contributed by atoms with van der Waals surface area (Å²) in [5, 5.41) is 6.86. The van der Waals surface area contributed by atoms with Gasteiger partial charge in [0.15, 0.2) is 0 Å². The number of rotatable bonds is 1. The van der Waals surface area contributed by atoms with Crippen molar-refractivity contribution in [1.82, 2.24) is 5.32 Å². The molecule has 0 aromatic heterocycles. The van der Waals surface area contributed by atoms with Crippen molar-refractivity contribution in [2.24, 2.45) is 5.11 Å². The van der Waals surface area contributed by atoms with E-state index >= 15 is 0 Å². The SMILES string of the molecule is CC1(N=[N+]=[N-])[CH]CNCC1. The van der Waals surface area contributed by atoms with E-state index < -0.39 is 0 Å². The second-order valence-corrected chi connectivity index (χ2v) is 2.70. The molecule has 0 aromatic carbocycles. The lowest BCUT2D eigenvalue weighted by atomic mass is 9.92. The normalized spacial score (nSPS) is 23.3. The zero-order valence-electron chi connectivity index (χ0n) is 6.04. The highest BCUT2D eigenvalue weighted by Gasteiger charge is 2.24. The van der Waals surface area contributed by atoms with E-state index in [-0.39, 0.29) is 5.54 Å². The molecule has 55 valence electrons. The van der Waals surface area contributed by atoms with Crippen molar-refractivity contribution in [2.45, 2.75) is 18.9 Å². The molecule has 1 radical (unpaired) electrons. The van der Waals surface area contributed by atoms with Crippen molar-refractivity contribution in [1.29, 1.82) is 0 Å². The molecular weight excluding hydrogens is 128 g/mol. The fourth-order valence-electron chi connectivity index (χ4n) is 1.03. The van der Waals surface area contributed by atoms with Crippen LogP contribution in [0.1, 0.15) is 13.3 Å². The molecule has 0 spiro atoms. The molecule has 10 heavy (non-hydrogen) atoms. The molecule has 1 aliphatic heterocycles. The Kier molecular flexibility index (Phi) is 2.14. The van der Waals surface area contributed by atoms with Gasteiger partial charge in [-0.15, -0.1) is 0 Å². The summed E-state index contributed by atoms with van der Waals surface area (Å²) in [4.78, 5) is 2.80. The molecule has 1 saturated heterocycles. The number of azide groups is 1. The number of hydrogen-bond acceptors (Lipinski definition) is 2. The molecule has 4 nitrogen and oxygen atoms in total. The van der Waals surface area contributed by atoms with Gasteiger partial charge in [-0.1, -0.05) is 12.0 Å². The molecule has 1 atom stereocenters. The topological polar surface area (TPSA) is 60.8 Å². The highest BCUT2D eigenvalue weighted by molar-refractivity contribution is 5.01. The molecule has 0 bridgehead atoms. The van der Waals surface area contributed by atoms with Crippen LogP contribution < -0.4 is 5.32 Å². The van der Waals surface area contributed by atoms with Crippen LogP contribution in [0.2, 0.25) is 0 Å². The first kappa shape index (κ1) is 7.38. The zero-order valence-corrected chi connectivity index (χ0v) is 6.04. The highest BCUT2D eigenvalue weighted by atomic mass is 15.2. The number of hydrogen-bond donors (Lipinski definition) is 1. The van der Waals surface area contributed by atoms with Crippen molar-refractivity contribution in [3.05, 3.63) is 16.9 Å². The Morgan fingerprint density at radius 2 is 2.60 bits per heavy atom. The summed E-state index contributed by atoms with van der Waals surface area (Å²) >= 11 is 0. The van der Waals surface area contributed by atoms with Gasteiger partial charge in [0.2, 0.25) is 0 Å². The van der Waals surface area contributed by atoms with Crippen LogP contribution >= 0.6 is 0 Å². The Morgan fingerprint density at radius 3 is 3.10 bits per heavy atom. The second-order valence-electron chi connectivity index (χ2n) is 2.70. The molecular formula is C6H11N4. The van der Waals surface area contributed by atoms with Gasteiger partial charge < -0.3 is 5.32 Å². The van der Waals surface area contributed by atoms with E-state index in [2.05, 4.69) is 15.3 Å². The first-order valence-corrected chi connectivity index (χ1v) is 3.38. The van der Waals surface area contributed by atoms with Crippen LogP contribution in [0.4, 0.5) is 0 Å². The summed E-state index contributed by atoms with van der Waals surface area (Å²) in [5.41, 5.74) is 7.95. The van der Waals surface area contributed by atoms with Crippen LogP contribution in [0.3, 0.4) is 0 Å². The van der Waals surface area contributed by atoms with Crippen LogP contribution in [0.25, 0.3) is 10.4 Å². The van der Waals surface area contributed by atoms with Gasteiger partial charge in [-0.2, -0.15) is 0 Å². The minimum Gasteiger partial charge on any atom is -0.316 e. The van der Waals surface area contributed by atoms with E-state index in [9.17, 15) is 0 Å². The minimum atomic E-state index is -0.250. The molecule has 1 heterocycles. The van der Waals surface area contributed by atoms with Crippen molar-refractivity contribution in [3.8, 4) is 0 Å². The van der Waals surface area contributed by atoms with E-state index in [1.165, 1.54) is 0 Å². The highest BCUT2D eigenvalue weighted by Crippen LogP contribution is 2.20. The summed E-state index contributed by atoms with van der Waals surface area (Å²) in [6.45, 7) is 3.73. The summed E-state index contributed by atoms with van der Waals surface area (Å²) in [6.07, 6.45) is 2.91. The van der Waals surface area contributed by atoms with Crippen molar-refractivity contribution < 1.29 is 0 Å². The van der Waals surface area contributed by atoms with E-state index in [0.717, 1.165) is 19.5 Å². The third-order valence-corrected chi connectivity index (χ3v) is 1.77. The summed E-state index contributed by atoms with van der Waals surface area (Å²) in [5.74, 6) is 0. The molecule has 1 rings (SSSR count). The predicted molar refractivity (Wildman–Crippen MR) is 39.3 cm³/mol. The maximum Gasteiger partial charge on any atom is 0.0515 e. The molecule has 1 unspecified atom stereocenters. The molecule has 4 heteroatoms. The predicted octanol–water partition coefficient (Wildman–Crippen LogP) is 1.25. The molecule has 0 aromatic rings. The molecule has 0 saturated carbocycles. The quantitative estimate of drug-likeness (QED) is 0.332. The largest absolute Gasteiger partial charge is 0.316 e. The molecule has 1 N–H and O–H groups in total. The monoisotopic (exact) mass is 139 g/mol. The smallest absolute Gasteiger partial charge is 0.0515 e. The van der Waals surface area contributed by atoms with Gasteiger partial charge in [0.25, 0.3) is 0 Å². The first-order chi connectivity index (χ1) is 4.77. The molecule has 0 aliphatic carbocycles. The van der Waals surface area contributed by atoms with Crippen LogP contribution in [0, 0.1) is 6.42 Å². The molecule has 1 aliphatic rings. The Labute approximate surface area is 60.2 Å². The summed E-state index contributed by atoms with van der Waals surface area (Å²) in [6, 6.07) is 0. The van der Waals surface area contributed by atoms with Crippen molar-refractivity contribution in [2.75, 3.05) is 13.1 Å².